The summed E-state index contributed by atoms with van der Waals surface area (Å²) in [6, 6.07) is 22.2. The molecule has 2 aliphatic carbocycles. The van der Waals surface area contributed by atoms with Gasteiger partial charge in [-0.15, -0.1) is 0 Å². The summed E-state index contributed by atoms with van der Waals surface area (Å²) in [5.41, 5.74) is 20.5. The number of hydrogen-bond acceptors (Lipinski definition) is 3. The normalized spacial score (nSPS) is 19.9. The van der Waals surface area contributed by atoms with Crippen LogP contribution in [-0.4, -0.2) is 6.71 Å². The molecule has 0 fully saturated rings. The number of benzene rings is 4. The zero-order valence-corrected chi connectivity index (χ0v) is 36.1. The number of rotatable bonds is 2. The third-order valence-corrected chi connectivity index (χ3v) is 14.4. The maximum absolute atomic E-state index is 7.01. The number of nitrogens with zero attached hydrogens (tertiary/aromatic N) is 2. The predicted molar refractivity (Wildman–Crippen MR) is 238 cm³/mol. The lowest BCUT2D eigenvalue weighted by atomic mass is 9.33. The van der Waals surface area contributed by atoms with E-state index in [4.69, 9.17) is 4.42 Å². The average Bonchev–Trinajstić information content (AvgIpc) is 3.48. The van der Waals surface area contributed by atoms with Crippen LogP contribution in [0.15, 0.2) is 71.3 Å². The van der Waals surface area contributed by atoms with Gasteiger partial charge in [-0.05, 0) is 160 Å². The minimum absolute atomic E-state index is 0.0124. The summed E-state index contributed by atoms with van der Waals surface area (Å²) in [5.74, 6) is 0.943. The second kappa shape index (κ2) is 11.5. The Morgan fingerprint density at radius 2 is 1.18 bits per heavy atom. The second-order valence-electron chi connectivity index (χ2n) is 21.3. The van der Waals surface area contributed by atoms with Gasteiger partial charge >= 0.3 is 0 Å². The van der Waals surface area contributed by atoms with Crippen molar-refractivity contribution in [2.45, 2.75) is 150 Å². The molecule has 0 spiro atoms. The van der Waals surface area contributed by atoms with Crippen LogP contribution in [0.25, 0.3) is 11.0 Å². The van der Waals surface area contributed by atoms with E-state index in [0.717, 1.165) is 11.5 Å². The quantitative estimate of drug-likeness (QED) is 0.166. The van der Waals surface area contributed by atoms with Crippen molar-refractivity contribution in [3.63, 3.8) is 0 Å². The molecule has 0 saturated carbocycles. The van der Waals surface area contributed by atoms with Gasteiger partial charge in [-0.25, -0.2) is 0 Å². The van der Waals surface area contributed by atoms with Gasteiger partial charge in [-0.2, -0.15) is 0 Å². The Labute approximate surface area is 331 Å². The number of hydrogen-bond donors (Lipinski definition) is 0. The van der Waals surface area contributed by atoms with Gasteiger partial charge in [0.2, 0.25) is 0 Å². The first-order valence-corrected chi connectivity index (χ1v) is 20.9. The van der Waals surface area contributed by atoms with Crippen molar-refractivity contribution < 1.29 is 4.42 Å². The van der Waals surface area contributed by atoms with Crippen LogP contribution < -0.4 is 26.2 Å². The topological polar surface area (TPSA) is 19.6 Å². The Balaban J connectivity index is 1.44. The van der Waals surface area contributed by atoms with E-state index in [2.05, 4.69) is 174 Å². The minimum Gasteiger partial charge on any atom is -0.440 e. The van der Waals surface area contributed by atoms with Crippen LogP contribution in [0.4, 0.5) is 28.6 Å². The molecule has 0 atom stereocenters. The van der Waals surface area contributed by atoms with Crippen molar-refractivity contribution in [2.75, 3.05) is 9.80 Å². The van der Waals surface area contributed by atoms with Crippen LogP contribution in [0.3, 0.4) is 0 Å². The van der Waals surface area contributed by atoms with E-state index >= 15 is 0 Å². The molecule has 3 heterocycles. The Kier molecular flexibility index (Phi) is 7.59. The highest BCUT2D eigenvalue weighted by Gasteiger charge is 2.49. The summed E-state index contributed by atoms with van der Waals surface area (Å²) in [6.45, 7) is 33.4. The Hall–Kier alpha value is -4.18. The predicted octanol–water partition coefficient (Wildman–Crippen LogP) is 12.3. The second-order valence-corrected chi connectivity index (χ2v) is 21.3. The van der Waals surface area contributed by atoms with Crippen molar-refractivity contribution in [3.05, 3.63) is 106 Å². The van der Waals surface area contributed by atoms with E-state index < -0.39 is 0 Å². The smallest absolute Gasteiger partial charge is 0.257 e. The van der Waals surface area contributed by atoms with Crippen molar-refractivity contribution >= 4 is 62.7 Å². The molecule has 9 rings (SSSR count). The molecule has 284 valence electrons. The fourth-order valence-electron chi connectivity index (χ4n) is 10.7. The highest BCUT2D eigenvalue weighted by atomic mass is 16.4. The van der Waals surface area contributed by atoms with Gasteiger partial charge in [-0.3, -0.25) is 4.90 Å². The van der Waals surface area contributed by atoms with Crippen molar-refractivity contribution in [2.24, 2.45) is 0 Å². The molecule has 0 saturated heterocycles. The fourth-order valence-corrected chi connectivity index (χ4v) is 10.7. The molecule has 5 aromatic rings. The van der Waals surface area contributed by atoms with Gasteiger partial charge in [-0.1, -0.05) is 100 Å². The zero-order valence-electron chi connectivity index (χ0n) is 36.1. The first-order valence-electron chi connectivity index (χ1n) is 20.9. The Morgan fingerprint density at radius 1 is 0.636 bits per heavy atom. The van der Waals surface area contributed by atoms with E-state index in [9.17, 15) is 0 Å². The molecule has 0 N–H and O–H groups in total. The monoisotopic (exact) mass is 728 g/mol. The van der Waals surface area contributed by atoms with Gasteiger partial charge in [0.15, 0.2) is 5.88 Å². The molecule has 0 radical (unpaired) electrons. The zero-order chi connectivity index (χ0) is 39.4. The van der Waals surface area contributed by atoms with Crippen LogP contribution in [-0.2, 0) is 27.1 Å². The number of furan rings is 1. The minimum atomic E-state index is 0.0124. The maximum atomic E-state index is 7.01. The SMILES string of the molecule is C/C=C/N1c2cc(C)cc3c2B(c2cc4c(cc2N3c2cc3c(cc2C)C(C)(C)CCC3(C)C)C(C)(C)CCC4(C)C)c2c1oc1ccc(C(C)(C)C)cc21. The van der Waals surface area contributed by atoms with Crippen molar-refractivity contribution in [1.82, 2.24) is 0 Å². The molecule has 4 aliphatic rings. The lowest BCUT2D eigenvalue weighted by molar-refractivity contribution is 0.331. The highest BCUT2D eigenvalue weighted by molar-refractivity contribution is 7.01. The summed E-state index contributed by atoms with van der Waals surface area (Å²) >= 11 is 0. The summed E-state index contributed by atoms with van der Waals surface area (Å²) in [4.78, 5) is 5.03. The standard InChI is InChI=1S/C51H61BN2O/c1-15-22-53-41-23-30(2)24-42-45(41)52(44-33-26-32(47(4,5)6)16-17-43(33)55-46(44)53)38-27-35-37(51(13,14)21-19-49(35,9)10)29-40(38)54(42)39-28-36-34(25-31(39)3)48(7,8)18-20-50(36,11)12/h15-17,22-29H,18-21H2,1-14H3/b22-15+. The highest BCUT2D eigenvalue weighted by Crippen LogP contribution is 2.53. The first-order chi connectivity index (χ1) is 25.6. The molecule has 0 amide bonds. The summed E-state index contributed by atoms with van der Waals surface area (Å²) in [7, 11) is 0. The van der Waals surface area contributed by atoms with E-state index in [1.807, 2.05) is 0 Å². The summed E-state index contributed by atoms with van der Waals surface area (Å²) < 4.78 is 7.01. The van der Waals surface area contributed by atoms with Crippen molar-refractivity contribution in [3.8, 4) is 0 Å². The molecular weight excluding hydrogens is 667 g/mol. The van der Waals surface area contributed by atoms with Gasteiger partial charge in [0.25, 0.3) is 6.71 Å². The van der Waals surface area contributed by atoms with Gasteiger partial charge in [0.05, 0.1) is 0 Å². The molecule has 0 unspecified atom stereocenters. The molecule has 4 heteroatoms. The van der Waals surface area contributed by atoms with Gasteiger partial charge in [0, 0.05) is 39.8 Å². The molecule has 3 nitrogen and oxygen atoms in total. The largest absolute Gasteiger partial charge is 0.440 e. The average molecular weight is 729 g/mol. The summed E-state index contributed by atoms with van der Waals surface area (Å²) in [6.07, 6.45) is 9.13. The van der Waals surface area contributed by atoms with Gasteiger partial charge < -0.3 is 9.32 Å². The Bertz CT molecular complexity index is 2480. The van der Waals surface area contributed by atoms with Crippen LogP contribution >= 0.6 is 0 Å². The number of anilines is 5. The Morgan fingerprint density at radius 3 is 1.76 bits per heavy atom. The number of aryl methyl sites for hydroxylation is 2. The first kappa shape index (κ1) is 36.5. The van der Waals surface area contributed by atoms with E-state index in [0.29, 0.717) is 0 Å². The van der Waals surface area contributed by atoms with Crippen molar-refractivity contribution in [1.29, 1.82) is 0 Å². The molecular formula is C51H61BN2O. The van der Waals surface area contributed by atoms with Crippen LogP contribution in [0.2, 0.25) is 0 Å². The molecule has 55 heavy (non-hydrogen) atoms. The maximum Gasteiger partial charge on any atom is 0.257 e. The number of allylic oxidation sites excluding steroid dienone is 1. The molecule has 0 bridgehead atoms. The lowest BCUT2D eigenvalue weighted by Gasteiger charge is -2.47. The fraction of sp³-hybridized carbons (Fsp3) is 0.451. The number of fused-ring (bicyclic) bond motifs is 8. The summed E-state index contributed by atoms with van der Waals surface area (Å²) in [5, 5.41) is 1.23. The van der Waals surface area contributed by atoms with E-state index in [1.165, 1.54) is 109 Å². The van der Waals surface area contributed by atoms with Gasteiger partial charge in [0.1, 0.15) is 5.58 Å². The molecule has 4 aromatic carbocycles. The lowest BCUT2D eigenvalue weighted by Crippen LogP contribution is -2.61. The van der Waals surface area contributed by atoms with E-state index in [1.54, 1.807) is 0 Å². The van der Waals surface area contributed by atoms with Crippen LogP contribution in [0.5, 0.6) is 0 Å². The van der Waals surface area contributed by atoms with Crippen LogP contribution in [0.1, 0.15) is 148 Å². The third-order valence-electron chi connectivity index (χ3n) is 14.4. The third kappa shape index (κ3) is 5.22. The molecule has 1 aromatic heterocycles. The van der Waals surface area contributed by atoms with E-state index in [-0.39, 0.29) is 33.8 Å². The van der Waals surface area contributed by atoms with Crippen LogP contribution in [0, 0.1) is 13.8 Å². The molecule has 2 aliphatic heterocycles.